The second kappa shape index (κ2) is 5.45. The molecule has 3 rings (SSSR count). The van der Waals surface area contributed by atoms with Gasteiger partial charge in [-0.25, -0.2) is 9.37 Å². The average Bonchev–Trinajstić information content (AvgIpc) is 2.62. The van der Waals surface area contributed by atoms with E-state index < -0.39 is 6.17 Å². The van der Waals surface area contributed by atoms with Gasteiger partial charge in [-0.05, 0) is 37.4 Å². The van der Waals surface area contributed by atoms with Gasteiger partial charge >= 0.3 is 0 Å². The van der Waals surface area contributed by atoms with Gasteiger partial charge in [-0.2, -0.15) is 0 Å². The Morgan fingerprint density at radius 3 is 2.89 bits per heavy atom. The lowest BCUT2D eigenvalue weighted by atomic mass is 10.0. The van der Waals surface area contributed by atoms with E-state index in [4.69, 9.17) is 4.98 Å². The highest BCUT2D eigenvalue weighted by atomic mass is 19.1. The third kappa shape index (κ3) is 2.73. The van der Waals surface area contributed by atoms with Crippen LogP contribution in [0.5, 0.6) is 0 Å². The van der Waals surface area contributed by atoms with Crippen molar-refractivity contribution in [3.8, 4) is 0 Å². The lowest BCUT2D eigenvalue weighted by Crippen LogP contribution is -2.35. The van der Waals surface area contributed by atoms with E-state index >= 15 is 0 Å². The van der Waals surface area contributed by atoms with Crippen LogP contribution in [-0.4, -0.2) is 37.3 Å². The van der Waals surface area contributed by atoms with Crippen LogP contribution in [0.1, 0.15) is 36.9 Å². The van der Waals surface area contributed by atoms with Gasteiger partial charge in [0, 0.05) is 25.6 Å². The molecule has 0 bridgehead atoms. The van der Waals surface area contributed by atoms with E-state index in [1.54, 1.807) is 0 Å². The van der Waals surface area contributed by atoms with Crippen LogP contribution in [0.15, 0.2) is 12.1 Å². The Morgan fingerprint density at radius 2 is 2.11 bits per heavy atom. The number of nitrogens with one attached hydrogen (secondary N) is 1. The van der Waals surface area contributed by atoms with Crippen molar-refractivity contribution in [1.29, 1.82) is 0 Å². The maximum atomic E-state index is 13.2. The van der Waals surface area contributed by atoms with Crippen LogP contribution in [0.3, 0.4) is 0 Å². The standard InChI is InChI=1S/C15H22FN3/c1-11-10-17-7-4-12-2-3-14(18-15(11)12)19-8-5-13(16)6-9-19/h2-3,11,13,17H,4-10H2,1H3. The van der Waals surface area contributed by atoms with Gasteiger partial charge in [0.05, 0.1) is 5.69 Å². The van der Waals surface area contributed by atoms with Crippen molar-refractivity contribution in [2.75, 3.05) is 31.1 Å². The molecule has 1 saturated heterocycles. The first-order valence-electron chi connectivity index (χ1n) is 7.33. The Labute approximate surface area is 114 Å². The Kier molecular flexibility index (Phi) is 3.69. The predicted octanol–water partition coefficient (Wildman–Crippen LogP) is 2.27. The summed E-state index contributed by atoms with van der Waals surface area (Å²) >= 11 is 0. The van der Waals surface area contributed by atoms with Gasteiger partial charge in [0.25, 0.3) is 0 Å². The van der Waals surface area contributed by atoms with Gasteiger partial charge in [-0.3, -0.25) is 0 Å². The van der Waals surface area contributed by atoms with Gasteiger partial charge in [0.15, 0.2) is 0 Å². The topological polar surface area (TPSA) is 28.2 Å². The number of hydrogen-bond donors (Lipinski definition) is 1. The Hall–Kier alpha value is -1.16. The molecule has 1 N–H and O–H groups in total. The van der Waals surface area contributed by atoms with Crippen LogP contribution in [0.25, 0.3) is 0 Å². The summed E-state index contributed by atoms with van der Waals surface area (Å²) < 4.78 is 13.2. The minimum atomic E-state index is -0.625. The Balaban J connectivity index is 1.84. The molecule has 19 heavy (non-hydrogen) atoms. The van der Waals surface area contributed by atoms with Crippen molar-refractivity contribution >= 4 is 5.82 Å². The van der Waals surface area contributed by atoms with Gasteiger partial charge < -0.3 is 10.2 Å². The number of piperidine rings is 1. The summed E-state index contributed by atoms with van der Waals surface area (Å²) in [6.45, 7) is 5.84. The first kappa shape index (κ1) is 12.9. The highest BCUT2D eigenvalue weighted by Crippen LogP contribution is 2.26. The molecule has 0 radical (unpaired) electrons. The number of hydrogen-bond acceptors (Lipinski definition) is 3. The molecule has 0 aromatic carbocycles. The maximum absolute atomic E-state index is 13.2. The number of halogens is 1. The van der Waals surface area contributed by atoms with E-state index in [1.165, 1.54) is 11.3 Å². The summed E-state index contributed by atoms with van der Waals surface area (Å²) in [6, 6.07) is 4.32. The predicted molar refractivity (Wildman–Crippen MR) is 75.6 cm³/mol. The van der Waals surface area contributed by atoms with E-state index in [9.17, 15) is 4.39 Å². The van der Waals surface area contributed by atoms with Gasteiger partial charge in [-0.1, -0.05) is 13.0 Å². The van der Waals surface area contributed by atoms with E-state index in [-0.39, 0.29) is 0 Å². The number of pyridine rings is 1. The van der Waals surface area contributed by atoms with Crippen LogP contribution in [0.4, 0.5) is 10.2 Å². The van der Waals surface area contributed by atoms with E-state index in [1.807, 2.05) is 0 Å². The Morgan fingerprint density at radius 1 is 1.32 bits per heavy atom. The molecular weight excluding hydrogens is 241 g/mol. The molecule has 2 aliphatic rings. The monoisotopic (exact) mass is 263 g/mol. The molecule has 4 heteroatoms. The highest BCUT2D eigenvalue weighted by molar-refractivity contribution is 5.43. The summed E-state index contributed by atoms with van der Waals surface area (Å²) in [5, 5.41) is 3.45. The van der Waals surface area contributed by atoms with Crippen molar-refractivity contribution in [3.63, 3.8) is 0 Å². The molecule has 0 saturated carbocycles. The fourth-order valence-corrected chi connectivity index (χ4v) is 3.02. The molecule has 0 aliphatic carbocycles. The summed E-state index contributed by atoms with van der Waals surface area (Å²) in [4.78, 5) is 7.09. The second-order valence-corrected chi connectivity index (χ2v) is 5.73. The smallest absolute Gasteiger partial charge is 0.128 e. The van der Waals surface area contributed by atoms with Crippen LogP contribution in [0.2, 0.25) is 0 Å². The summed E-state index contributed by atoms with van der Waals surface area (Å²) in [6.07, 6.45) is 1.70. The summed E-state index contributed by atoms with van der Waals surface area (Å²) in [5.74, 6) is 1.48. The highest BCUT2D eigenvalue weighted by Gasteiger charge is 2.22. The largest absolute Gasteiger partial charge is 0.356 e. The summed E-state index contributed by atoms with van der Waals surface area (Å²) in [5.41, 5.74) is 2.59. The van der Waals surface area contributed by atoms with Crippen molar-refractivity contribution in [2.45, 2.75) is 38.3 Å². The fourth-order valence-electron chi connectivity index (χ4n) is 3.02. The number of anilines is 1. The number of rotatable bonds is 1. The number of fused-ring (bicyclic) bond motifs is 1. The van der Waals surface area contributed by atoms with Crippen molar-refractivity contribution in [3.05, 3.63) is 23.4 Å². The van der Waals surface area contributed by atoms with Gasteiger partial charge in [0.1, 0.15) is 12.0 Å². The van der Waals surface area contributed by atoms with Crippen molar-refractivity contribution in [1.82, 2.24) is 10.3 Å². The number of alkyl halides is 1. The average molecular weight is 263 g/mol. The van der Waals surface area contributed by atoms with Crippen LogP contribution < -0.4 is 10.2 Å². The Bertz CT molecular complexity index is 441. The molecule has 1 aromatic rings. The van der Waals surface area contributed by atoms with Gasteiger partial charge in [-0.15, -0.1) is 0 Å². The number of aromatic nitrogens is 1. The molecule has 3 heterocycles. The zero-order valence-corrected chi connectivity index (χ0v) is 11.5. The molecule has 1 unspecified atom stereocenters. The molecule has 0 amide bonds. The quantitative estimate of drug-likeness (QED) is 0.842. The molecule has 1 fully saturated rings. The fraction of sp³-hybridized carbons (Fsp3) is 0.667. The lowest BCUT2D eigenvalue weighted by Gasteiger charge is -2.30. The molecule has 1 aromatic heterocycles. The third-order valence-corrected chi connectivity index (χ3v) is 4.23. The molecule has 2 aliphatic heterocycles. The molecular formula is C15H22FN3. The second-order valence-electron chi connectivity index (χ2n) is 5.73. The van der Waals surface area contributed by atoms with E-state index in [0.717, 1.165) is 38.4 Å². The van der Waals surface area contributed by atoms with Crippen LogP contribution in [0, 0.1) is 0 Å². The lowest BCUT2D eigenvalue weighted by molar-refractivity contribution is 0.276. The van der Waals surface area contributed by atoms with Crippen LogP contribution in [-0.2, 0) is 6.42 Å². The minimum absolute atomic E-state index is 0.455. The zero-order chi connectivity index (χ0) is 13.2. The summed E-state index contributed by atoms with van der Waals surface area (Å²) in [7, 11) is 0. The third-order valence-electron chi connectivity index (χ3n) is 4.23. The zero-order valence-electron chi connectivity index (χ0n) is 11.5. The first-order valence-corrected chi connectivity index (χ1v) is 7.33. The van der Waals surface area contributed by atoms with Crippen molar-refractivity contribution < 1.29 is 4.39 Å². The first-order chi connectivity index (χ1) is 9.24. The SMILES string of the molecule is CC1CNCCc2ccc(N3CCC(F)CC3)nc21. The minimum Gasteiger partial charge on any atom is -0.356 e. The normalized spacial score (nSPS) is 24.9. The molecule has 3 nitrogen and oxygen atoms in total. The van der Waals surface area contributed by atoms with E-state index in [2.05, 4.69) is 29.3 Å². The maximum Gasteiger partial charge on any atom is 0.128 e. The van der Waals surface area contributed by atoms with Crippen molar-refractivity contribution in [2.24, 2.45) is 0 Å². The molecule has 1 atom stereocenters. The number of nitrogens with zero attached hydrogens (tertiary/aromatic N) is 2. The van der Waals surface area contributed by atoms with Crippen LogP contribution >= 0.6 is 0 Å². The van der Waals surface area contributed by atoms with Gasteiger partial charge in [0.2, 0.25) is 0 Å². The molecule has 0 spiro atoms. The molecule has 104 valence electrons. The van der Waals surface area contributed by atoms with E-state index in [0.29, 0.717) is 18.8 Å².